The molecule has 0 fully saturated rings. The largest absolute Gasteiger partial charge is 0.496 e. The molecule has 0 aliphatic carbocycles. The maximum absolute atomic E-state index is 9.19. The molecule has 1 aromatic carbocycles. The quantitative estimate of drug-likeness (QED) is 0.629. The molecule has 4 nitrogen and oxygen atoms in total. The van der Waals surface area contributed by atoms with Crippen molar-refractivity contribution in [3.63, 3.8) is 0 Å². The Labute approximate surface area is 109 Å². The Morgan fingerprint density at radius 2 is 2.00 bits per heavy atom. The minimum atomic E-state index is -0.677. The van der Waals surface area contributed by atoms with E-state index in [1.807, 2.05) is 13.0 Å². The van der Waals surface area contributed by atoms with Crippen molar-refractivity contribution < 1.29 is 14.9 Å². The van der Waals surface area contributed by atoms with Crippen LogP contribution >= 0.6 is 0 Å². The smallest absolute Gasteiger partial charge is 0.122 e. The second-order valence-electron chi connectivity index (χ2n) is 4.54. The number of methoxy groups -OCH3 is 1. The average Bonchev–Trinajstić information content (AvgIpc) is 2.37. The Hall–Kier alpha value is -1.10. The van der Waals surface area contributed by atoms with Crippen LogP contribution in [0.4, 0.5) is 0 Å². The molecule has 0 radical (unpaired) electrons. The number of aliphatic hydroxyl groups excluding tert-OH is 2. The SMILES string of the molecule is COc1cc(C)c(CCNCC(O)CO)cc1C. The van der Waals surface area contributed by atoms with Crippen LogP contribution in [0.15, 0.2) is 12.1 Å². The fourth-order valence-electron chi connectivity index (χ4n) is 1.90. The van der Waals surface area contributed by atoms with Crippen LogP contribution in [-0.2, 0) is 6.42 Å². The molecule has 0 heterocycles. The molecule has 1 atom stereocenters. The summed E-state index contributed by atoms with van der Waals surface area (Å²) < 4.78 is 5.28. The van der Waals surface area contributed by atoms with E-state index in [1.54, 1.807) is 7.11 Å². The highest BCUT2D eigenvalue weighted by Gasteiger charge is 2.05. The van der Waals surface area contributed by atoms with Crippen LogP contribution in [0.5, 0.6) is 5.75 Å². The first-order valence-electron chi connectivity index (χ1n) is 6.22. The van der Waals surface area contributed by atoms with Gasteiger partial charge in [-0.3, -0.25) is 0 Å². The number of aliphatic hydroxyl groups is 2. The summed E-state index contributed by atoms with van der Waals surface area (Å²) in [6.45, 7) is 5.10. The van der Waals surface area contributed by atoms with Gasteiger partial charge >= 0.3 is 0 Å². The molecule has 0 spiro atoms. The van der Waals surface area contributed by atoms with E-state index in [1.165, 1.54) is 11.1 Å². The van der Waals surface area contributed by atoms with Gasteiger partial charge in [-0.15, -0.1) is 0 Å². The second-order valence-corrected chi connectivity index (χ2v) is 4.54. The molecule has 1 unspecified atom stereocenters. The average molecular weight is 253 g/mol. The van der Waals surface area contributed by atoms with Crippen molar-refractivity contribution in [2.75, 3.05) is 26.8 Å². The van der Waals surface area contributed by atoms with Gasteiger partial charge in [-0.25, -0.2) is 0 Å². The number of hydrogen-bond donors (Lipinski definition) is 3. The van der Waals surface area contributed by atoms with Gasteiger partial charge in [0, 0.05) is 6.54 Å². The zero-order valence-corrected chi connectivity index (χ0v) is 11.4. The van der Waals surface area contributed by atoms with Gasteiger partial charge < -0.3 is 20.3 Å². The van der Waals surface area contributed by atoms with Crippen LogP contribution < -0.4 is 10.1 Å². The number of aryl methyl sites for hydroxylation is 2. The number of benzene rings is 1. The molecule has 4 heteroatoms. The Balaban J connectivity index is 2.50. The van der Waals surface area contributed by atoms with Gasteiger partial charge in [0.1, 0.15) is 5.75 Å². The molecular weight excluding hydrogens is 230 g/mol. The molecule has 0 bridgehead atoms. The third-order valence-corrected chi connectivity index (χ3v) is 3.02. The molecule has 102 valence electrons. The van der Waals surface area contributed by atoms with Gasteiger partial charge in [0.25, 0.3) is 0 Å². The van der Waals surface area contributed by atoms with Crippen molar-refractivity contribution in [3.8, 4) is 5.75 Å². The minimum Gasteiger partial charge on any atom is -0.496 e. The molecule has 3 N–H and O–H groups in total. The highest BCUT2D eigenvalue weighted by Crippen LogP contribution is 2.22. The maximum Gasteiger partial charge on any atom is 0.122 e. The molecule has 0 aromatic heterocycles. The molecule has 0 saturated carbocycles. The van der Waals surface area contributed by atoms with E-state index >= 15 is 0 Å². The summed E-state index contributed by atoms with van der Waals surface area (Å²) in [5, 5.41) is 21.0. The zero-order valence-electron chi connectivity index (χ0n) is 11.4. The van der Waals surface area contributed by atoms with Crippen LogP contribution in [0.1, 0.15) is 16.7 Å². The lowest BCUT2D eigenvalue weighted by atomic mass is 10.0. The number of hydrogen-bond acceptors (Lipinski definition) is 4. The summed E-state index contributed by atoms with van der Waals surface area (Å²) >= 11 is 0. The van der Waals surface area contributed by atoms with Crippen LogP contribution in [-0.4, -0.2) is 43.1 Å². The van der Waals surface area contributed by atoms with Crippen molar-refractivity contribution in [1.29, 1.82) is 0 Å². The Morgan fingerprint density at radius 1 is 1.28 bits per heavy atom. The summed E-state index contributed by atoms with van der Waals surface area (Å²) in [4.78, 5) is 0. The number of ether oxygens (including phenoxy) is 1. The van der Waals surface area contributed by atoms with E-state index < -0.39 is 6.10 Å². The van der Waals surface area contributed by atoms with Crippen LogP contribution in [0.2, 0.25) is 0 Å². The van der Waals surface area contributed by atoms with Gasteiger partial charge in [0.2, 0.25) is 0 Å². The standard InChI is InChI=1S/C14H23NO3/c1-10-7-14(18-3)11(2)6-12(10)4-5-15-8-13(17)9-16/h6-7,13,15-17H,4-5,8-9H2,1-3H3. The van der Waals surface area contributed by atoms with E-state index in [2.05, 4.69) is 18.3 Å². The van der Waals surface area contributed by atoms with Gasteiger partial charge in [-0.2, -0.15) is 0 Å². The fourth-order valence-corrected chi connectivity index (χ4v) is 1.90. The number of rotatable bonds is 7. The van der Waals surface area contributed by atoms with Gasteiger partial charge in [-0.1, -0.05) is 6.07 Å². The van der Waals surface area contributed by atoms with Crippen molar-refractivity contribution in [2.24, 2.45) is 0 Å². The highest BCUT2D eigenvalue weighted by molar-refractivity contribution is 5.41. The Bertz CT molecular complexity index is 380. The molecule has 0 saturated heterocycles. The number of nitrogens with one attached hydrogen (secondary N) is 1. The Kier molecular flexibility index (Phi) is 6.12. The van der Waals surface area contributed by atoms with E-state index in [0.29, 0.717) is 6.54 Å². The van der Waals surface area contributed by atoms with Crippen molar-refractivity contribution in [1.82, 2.24) is 5.32 Å². The lowest BCUT2D eigenvalue weighted by Gasteiger charge is -2.12. The van der Waals surface area contributed by atoms with Crippen molar-refractivity contribution >= 4 is 0 Å². The van der Waals surface area contributed by atoms with Gasteiger partial charge in [0.05, 0.1) is 19.8 Å². The predicted octanol–water partition coefficient (Wildman–Crippen LogP) is 0.797. The minimum absolute atomic E-state index is 0.201. The molecule has 1 aromatic rings. The third kappa shape index (κ3) is 4.29. The molecule has 0 amide bonds. The van der Waals surface area contributed by atoms with Gasteiger partial charge in [0.15, 0.2) is 0 Å². The zero-order chi connectivity index (χ0) is 13.5. The Morgan fingerprint density at radius 3 is 2.61 bits per heavy atom. The summed E-state index contributed by atoms with van der Waals surface area (Å²) in [6.07, 6.45) is 0.221. The lowest BCUT2D eigenvalue weighted by molar-refractivity contribution is 0.0947. The van der Waals surface area contributed by atoms with E-state index in [0.717, 1.165) is 24.3 Å². The fraction of sp³-hybridized carbons (Fsp3) is 0.571. The summed E-state index contributed by atoms with van der Waals surface area (Å²) in [5.41, 5.74) is 3.62. The highest BCUT2D eigenvalue weighted by atomic mass is 16.5. The van der Waals surface area contributed by atoms with Crippen LogP contribution in [0.25, 0.3) is 0 Å². The second kappa shape index (κ2) is 7.36. The lowest BCUT2D eigenvalue weighted by Crippen LogP contribution is -2.30. The molecule has 0 aliphatic rings. The molecule has 18 heavy (non-hydrogen) atoms. The van der Waals surface area contributed by atoms with E-state index in [9.17, 15) is 5.11 Å². The van der Waals surface area contributed by atoms with Crippen molar-refractivity contribution in [2.45, 2.75) is 26.4 Å². The van der Waals surface area contributed by atoms with Crippen molar-refractivity contribution in [3.05, 3.63) is 28.8 Å². The first-order chi connectivity index (χ1) is 8.58. The van der Waals surface area contributed by atoms with Crippen LogP contribution in [0, 0.1) is 13.8 Å². The predicted molar refractivity (Wildman–Crippen MR) is 72.1 cm³/mol. The van der Waals surface area contributed by atoms with Gasteiger partial charge in [-0.05, 0) is 49.6 Å². The monoisotopic (exact) mass is 253 g/mol. The summed E-state index contributed by atoms with van der Waals surface area (Å²) in [7, 11) is 1.68. The summed E-state index contributed by atoms with van der Waals surface area (Å²) in [5.74, 6) is 0.917. The molecule has 0 aliphatic heterocycles. The third-order valence-electron chi connectivity index (χ3n) is 3.02. The topological polar surface area (TPSA) is 61.7 Å². The molecular formula is C14H23NO3. The first kappa shape index (κ1) is 15.0. The molecule has 1 rings (SSSR count). The first-order valence-corrected chi connectivity index (χ1v) is 6.22. The maximum atomic E-state index is 9.19. The van der Waals surface area contributed by atoms with E-state index in [-0.39, 0.29) is 6.61 Å². The van der Waals surface area contributed by atoms with Crippen LogP contribution in [0.3, 0.4) is 0 Å². The summed E-state index contributed by atoms with van der Waals surface area (Å²) in [6, 6.07) is 4.19. The van der Waals surface area contributed by atoms with E-state index in [4.69, 9.17) is 9.84 Å². The normalized spacial score (nSPS) is 12.5.